The Hall–Kier alpha value is -1.51. The summed E-state index contributed by atoms with van der Waals surface area (Å²) in [7, 11) is 0. The zero-order valence-electron chi connectivity index (χ0n) is 10.9. The lowest BCUT2D eigenvalue weighted by molar-refractivity contribution is -0.133. The van der Waals surface area contributed by atoms with Gasteiger partial charge >= 0.3 is 0 Å². The van der Waals surface area contributed by atoms with Crippen molar-refractivity contribution in [1.82, 2.24) is 5.32 Å². The molecule has 0 radical (unpaired) electrons. The molecule has 2 N–H and O–H groups in total. The summed E-state index contributed by atoms with van der Waals surface area (Å²) >= 11 is 0. The molecule has 2 heterocycles. The molecular weight excluding hydrogens is 224 g/mol. The Kier molecular flexibility index (Phi) is 2.77. The topological polar surface area (TPSA) is 41.1 Å². The number of amides is 1. The maximum atomic E-state index is 12.3. The van der Waals surface area contributed by atoms with Crippen molar-refractivity contribution in [1.29, 1.82) is 0 Å². The predicted octanol–water partition coefficient (Wildman–Crippen LogP) is 2.25. The molecule has 1 saturated heterocycles. The molecule has 1 fully saturated rings. The SMILES string of the molecule is Cc1ccc2c(c1)CC1(CCCNC1=O)CCN2. The maximum Gasteiger partial charge on any atom is 0.226 e. The van der Waals surface area contributed by atoms with E-state index in [0.29, 0.717) is 0 Å². The molecule has 3 nitrogen and oxygen atoms in total. The van der Waals surface area contributed by atoms with Gasteiger partial charge in [0.2, 0.25) is 5.91 Å². The number of benzene rings is 1. The fourth-order valence-corrected chi connectivity index (χ4v) is 3.27. The number of aryl methyl sites for hydroxylation is 1. The molecule has 96 valence electrons. The van der Waals surface area contributed by atoms with Crippen molar-refractivity contribution in [2.75, 3.05) is 18.4 Å². The lowest BCUT2D eigenvalue weighted by atomic mass is 9.73. The van der Waals surface area contributed by atoms with Crippen molar-refractivity contribution >= 4 is 11.6 Å². The van der Waals surface area contributed by atoms with Gasteiger partial charge in [-0.25, -0.2) is 0 Å². The molecule has 2 aliphatic heterocycles. The molecule has 1 atom stereocenters. The van der Waals surface area contributed by atoms with E-state index in [4.69, 9.17) is 0 Å². The van der Waals surface area contributed by atoms with Gasteiger partial charge in [-0.2, -0.15) is 0 Å². The van der Waals surface area contributed by atoms with Crippen LogP contribution in [0.15, 0.2) is 18.2 Å². The first kappa shape index (κ1) is 11.6. The predicted molar refractivity (Wildman–Crippen MR) is 72.7 cm³/mol. The Morgan fingerprint density at radius 1 is 1.17 bits per heavy atom. The van der Waals surface area contributed by atoms with Gasteiger partial charge in [0.05, 0.1) is 5.41 Å². The summed E-state index contributed by atoms with van der Waals surface area (Å²) in [5, 5.41) is 6.51. The second-order valence-electron chi connectivity index (χ2n) is 5.65. The smallest absolute Gasteiger partial charge is 0.226 e. The quantitative estimate of drug-likeness (QED) is 0.735. The Morgan fingerprint density at radius 2 is 2.06 bits per heavy atom. The van der Waals surface area contributed by atoms with Gasteiger partial charge in [-0.15, -0.1) is 0 Å². The van der Waals surface area contributed by atoms with Crippen LogP contribution in [0.3, 0.4) is 0 Å². The first-order chi connectivity index (χ1) is 8.70. The summed E-state index contributed by atoms with van der Waals surface area (Å²) in [6.07, 6.45) is 3.94. The minimum atomic E-state index is -0.176. The molecule has 1 spiro atoms. The van der Waals surface area contributed by atoms with Crippen LogP contribution in [0.25, 0.3) is 0 Å². The molecule has 1 aromatic carbocycles. The van der Waals surface area contributed by atoms with Gasteiger partial charge in [0, 0.05) is 18.8 Å². The fourth-order valence-electron chi connectivity index (χ4n) is 3.27. The zero-order chi connectivity index (χ0) is 12.6. The van der Waals surface area contributed by atoms with Crippen LogP contribution in [0, 0.1) is 12.3 Å². The number of piperidine rings is 1. The molecule has 1 amide bonds. The Morgan fingerprint density at radius 3 is 2.89 bits per heavy atom. The molecular formula is C15H20N2O. The van der Waals surface area contributed by atoms with Gasteiger partial charge in [0.15, 0.2) is 0 Å². The number of hydrogen-bond donors (Lipinski definition) is 2. The van der Waals surface area contributed by atoms with Gasteiger partial charge in [-0.3, -0.25) is 4.79 Å². The molecule has 0 aromatic heterocycles. The number of anilines is 1. The highest BCUT2D eigenvalue weighted by atomic mass is 16.2. The third kappa shape index (κ3) is 1.88. The summed E-state index contributed by atoms with van der Waals surface area (Å²) in [6.45, 7) is 3.84. The lowest BCUT2D eigenvalue weighted by Crippen LogP contribution is -2.47. The van der Waals surface area contributed by atoms with Crippen molar-refractivity contribution in [3.8, 4) is 0 Å². The van der Waals surface area contributed by atoms with E-state index in [2.05, 4.69) is 35.8 Å². The highest BCUT2D eigenvalue weighted by Gasteiger charge is 2.41. The summed E-state index contributed by atoms with van der Waals surface area (Å²) in [6, 6.07) is 6.49. The number of rotatable bonds is 0. The largest absolute Gasteiger partial charge is 0.385 e. The van der Waals surface area contributed by atoms with Crippen LogP contribution in [0.5, 0.6) is 0 Å². The second-order valence-corrected chi connectivity index (χ2v) is 5.65. The van der Waals surface area contributed by atoms with Gasteiger partial charge in [0.1, 0.15) is 0 Å². The van der Waals surface area contributed by atoms with E-state index in [9.17, 15) is 4.79 Å². The van der Waals surface area contributed by atoms with Crippen molar-refractivity contribution in [3.63, 3.8) is 0 Å². The van der Waals surface area contributed by atoms with Crippen molar-refractivity contribution in [3.05, 3.63) is 29.3 Å². The van der Waals surface area contributed by atoms with E-state index in [1.807, 2.05) is 0 Å². The molecule has 0 bridgehead atoms. The van der Waals surface area contributed by atoms with E-state index in [1.165, 1.54) is 16.8 Å². The van der Waals surface area contributed by atoms with Crippen LogP contribution < -0.4 is 10.6 Å². The van der Waals surface area contributed by atoms with E-state index in [1.54, 1.807) is 0 Å². The summed E-state index contributed by atoms with van der Waals surface area (Å²) in [5.74, 6) is 0.255. The first-order valence-electron chi connectivity index (χ1n) is 6.81. The minimum absolute atomic E-state index is 0.176. The summed E-state index contributed by atoms with van der Waals surface area (Å²) in [4.78, 5) is 12.3. The summed E-state index contributed by atoms with van der Waals surface area (Å²) in [5.41, 5.74) is 3.59. The molecule has 18 heavy (non-hydrogen) atoms. The van der Waals surface area contributed by atoms with Crippen molar-refractivity contribution < 1.29 is 4.79 Å². The van der Waals surface area contributed by atoms with E-state index >= 15 is 0 Å². The molecule has 1 aromatic rings. The minimum Gasteiger partial charge on any atom is -0.385 e. The zero-order valence-corrected chi connectivity index (χ0v) is 10.9. The van der Waals surface area contributed by atoms with Gasteiger partial charge < -0.3 is 10.6 Å². The molecule has 2 aliphatic rings. The molecule has 3 heteroatoms. The average molecular weight is 244 g/mol. The van der Waals surface area contributed by atoms with Crippen LogP contribution in [-0.4, -0.2) is 19.0 Å². The Labute approximate surface area is 108 Å². The van der Waals surface area contributed by atoms with Crippen LogP contribution in [-0.2, 0) is 11.2 Å². The summed E-state index contributed by atoms with van der Waals surface area (Å²) < 4.78 is 0. The van der Waals surface area contributed by atoms with Crippen molar-refractivity contribution in [2.24, 2.45) is 5.41 Å². The normalized spacial score (nSPS) is 27.1. The number of carbonyl (C=O) groups is 1. The second kappa shape index (κ2) is 4.30. The van der Waals surface area contributed by atoms with E-state index in [-0.39, 0.29) is 11.3 Å². The van der Waals surface area contributed by atoms with Gasteiger partial charge in [-0.05, 0) is 44.2 Å². The van der Waals surface area contributed by atoms with Crippen LogP contribution in [0.1, 0.15) is 30.4 Å². The van der Waals surface area contributed by atoms with Crippen LogP contribution in [0.2, 0.25) is 0 Å². The lowest BCUT2D eigenvalue weighted by Gasteiger charge is -2.35. The third-order valence-corrected chi connectivity index (χ3v) is 4.31. The number of fused-ring (bicyclic) bond motifs is 1. The highest BCUT2D eigenvalue weighted by Crippen LogP contribution is 2.39. The molecule has 0 saturated carbocycles. The van der Waals surface area contributed by atoms with Crippen molar-refractivity contribution in [2.45, 2.75) is 32.6 Å². The van der Waals surface area contributed by atoms with Gasteiger partial charge in [0.25, 0.3) is 0 Å². The van der Waals surface area contributed by atoms with Gasteiger partial charge in [-0.1, -0.05) is 17.7 Å². The van der Waals surface area contributed by atoms with Crippen LogP contribution in [0.4, 0.5) is 5.69 Å². The number of carbonyl (C=O) groups excluding carboxylic acids is 1. The Bertz CT molecular complexity index is 483. The standard InChI is InChI=1S/C15H20N2O/c1-11-3-4-13-12(9-11)10-15(6-8-16-13)5-2-7-17-14(15)18/h3-4,9,16H,2,5-8,10H2,1H3,(H,17,18). The maximum absolute atomic E-state index is 12.3. The first-order valence-corrected chi connectivity index (χ1v) is 6.81. The Balaban J connectivity index is 1.98. The molecule has 0 aliphatic carbocycles. The molecule has 1 unspecified atom stereocenters. The monoisotopic (exact) mass is 244 g/mol. The fraction of sp³-hybridized carbons (Fsp3) is 0.533. The highest BCUT2D eigenvalue weighted by molar-refractivity contribution is 5.84. The average Bonchev–Trinajstić information content (AvgIpc) is 2.52. The third-order valence-electron chi connectivity index (χ3n) is 4.31. The van der Waals surface area contributed by atoms with Crippen LogP contribution >= 0.6 is 0 Å². The number of hydrogen-bond acceptors (Lipinski definition) is 2. The van der Waals surface area contributed by atoms with E-state index < -0.39 is 0 Å². The molecule has 3 rings (SSSR count). The van der Waals surface area contributed by atoms with E-state index in [0.717, 1.165) is 38.8 Å². The number of nitrogens with one attached hydrogen (secondary N) is 2.